The Labute approximate surface area is 90.5 Å². The van der Waals surface area contributed by atoms with Gasteiger partial charge in [0.1, 0.15) is 5.69 Å². The van der Waals surface area contributed by atoms with Gasteiger partial charge in [-0.05, 0) is 17.5 Å². The largest absolute Gasteiger partial charge is 0.480 e. The second-order valence-electron chi connectivity index (χ2n) is 2.80. The van der Waals surface area contributed by atoms with E-state index >= 15 is 0 Å². The Bertz CT molecular complexity index is 451. The van der Waals surface area contributed by atoms with Gasteiger partial charge in [-0.3, -0.25) is 4.79 Å². The molecule has 0 aromatic carbocycles. The van der Waals surface area contributed by atoms with Crippen LogP contribution in [-0.4, -0.2) is 23.1 Å². The predicted octanol–water partition coefficient (Wildman–Crippen LogP) is 1.78. The third-order valence-electron chi connectivity index (χ3n) is 1.87. The van der Waals surface area contributed by atoms with E-state index < -0.39 is 0 Å². The molecule has 4 nitrogen and oxygen atoms in total. The van der Waals surface area contributed by atoms with Gasteiger partial charge in [-0.2, -0.15) is 11.3 Å². The molecule has 0 aliphatic heterocycles. The van der Waals surface area contributed by atoms with Crippen molar-refractivity contribution < 1.29 is 9.53 Å². The summed E-state index contributed by atoms with van der Waals surface area (Å²) in [5.74, 6) is 0.281. The molecule has 0 bridgehead atoms. The van der Waals surface area contributed by atoms with Crippen molar-refractivity contribution in [3.8, 4) is 5.88 Å². The maximum Gasteiger partial charge on any atom is 0.233 e. The fourth-order valence-corrected chi connectivity index (χ4v) is 1.73. The zero-order chi connectivity index (χ0) is 10.7. The Hall–Kier alpha value is -1.75. The zero-order valence-corrected chi connectivity index (χ0v) is 8.82. The summed E-state index contributed by atoms with van der Waals surface area (Å²) in [5, 5.41) is 11.2. The van der Waals surface area contributed by atoms with Crippen molar-refractivity contribution in [1.82, 2.24) is 10.2 Å². The standard InChI is InChI=1S/C10H8N2O2S/c1-14-9-3-2-8(11-12-9)10(13)7-4-5-15-6-7/h2-6H,1H3. The molecule has 0 unspecified atom stereocenters. The van der Waals surface area contributed by atoms with E-state index in [1.54, 1.807) is 23.6 Å². The van der Waals surface area contributed by atoms with E-state index in [0.29, 0.717) is 17.1 Å². The Morgan fingerprint density at radius 2 is 2.20 bits per heavy atom. The lowest BCUT2D eigenvalue weighted by Crippen LogP contribution is -2.04. The van der Waals surface area contributed by atoms with Gasteiger partial charge < -0.3 is 4.74 Å². The second-order valence-corrected chi connectivity index (χ2v) is 3.58. The first-order valence-corrected chi connectivity index (χ1v) is 5.20. The minimum atomic E-state index is -0.119. The summed E-state index contributed by atoms with van der Waals surface area (Å²) in [6.45, 7) is 0. The molecule has 0 saturated carbocycles. The Morgan fingerprint density at radius 1 is 1.33 bits per heavy atom. The van der Waals surface area contributed by atoms with Crippen LogP contribution < -0.4 is 4.74 Å². The molecule has 15 heavy (non-hydrogen) atoms. The van der Waals surface area contributed by atoms with Crippen LogP contribution in [0.15, 0.2) is 29.0 Å². The molecule has 2 aromatic heterocycles. The highest BCUT2D eigenvalue weighted by atomic mass is 32.1. The number of rotatable bonds is 3. The molecule has 2 heterocycles. The first-order valence-electron chi connectivity index (χ1n) is 4.26. The number of ether oxygens (including phenoxy) is 1. The number of methoxy groups -OCH3 is 1. The number of aromatic nitrogens is 2. The smallest absolute Gasteiger partial charge is 0.233 e. The Morgan fingerprint density at radius 3 is 2.73 bits per heavy atom. The highest BCUT2D eigenvalue weighted by Gasteiger charge is 2.11. The monoisotopic (exact) mass is 220 g/mol. The van der Waals surface area contributed by atoms with Gasteiger partial charge in [0.05, 0.1) is 7.11 Å². The van der Waals surface area contributed by atoms with Crippen molar-refractivity contribution in [2.75, 3.05) is 7.11 Å². The third kappa shape index (κ3) is 2.02. The summed E-state index contributed by atoms with van der Waals surface area (Å²) in [7, 11) is 1.50. The minimum Gasteiger partial charge on any atom is -0.480 e. The number of nitrogens with zero attached hydrogens (tertiary/aromatic N) is 2. The van der Waals surface area contributed by atoms with Crippen molar-refractivity contribution in [3.63, 3.8) is 0 Å². The number of thiophene rings is 1. The highest BCUT2D eigenvalue weighted by molar-refractivity contribution is 7.08. The first kappa shape index (κ1) is 9.79. The van der Waals surface area contributed by atoms with E-state index in [4.69, 9.17) is 4.74 Å². The van der Waals surface area contributed by atoms with E-state index in [1.165, 1.54) is 18.4 Å². The Balaban J connectivity index is 2.27. The first-order chi connectivity index (χ1) is 7.31. The van der Waals surface area contributed by atoms with Crippen LogP contribution in [0.3, 0.4) is 0 Å². The van der Waals surface area contributed by atoms with Gasteiger partial charge >= 0.3 is 0 Å². The number of carbonyl (C=O) groups excluding carboxylic acids is 1. The quantitative estimate of drug-likeness (QED) is 0.740. The van der Waals surface area contributed by atoms with Crippen molar-refractivity contribution in [2.45, 2.75) is 0 Å². The van der Waals surface area contributed by atoms with Gasteiger partial charge in [0.25, 0.3) is 0 Å². The van der Waals surface area contributed by atoms with Crippen LogP contribution >= 0.6 is 11.3 Å². The van der Waals surface area contributed by atoms with Crippen LogP contribution in [0.2, 0.25) is 0 Å². The minimum absolute atomic E-state index is 0.119. The van der Waals surface area contributed by atoms with Gasteiger partial charge in [-0.15, -0.1) is 10.2 Å². The molecule has 0 aliphatic rings. The summed E-state index contributed by atoms with van der Waals surface area (Å²) in [6.07, 6.45) is 0. The van der Waals surface area contributed by atoms with E-state index in [9.17, 15) is 4.79 Å². The van der Waals surface area contributed by atoms with E-state index in [1.807, 2.05) is 5.38 Å². The van der Waals surface area contributed by atoms with Gasteiger partial charge in [0.15, 0.2) is 0 Å². The van der Waals surface area contributed by atoms with Gasteiger partial charge in [0, 0.05) is 17.0 Å². The van der Waals surface area contributed by atoms with Crippen molar-refractivity contribution in [2.24, 2.45) is 0 Å². The predicted molar refractivity (Wildman–Crippen MR) is 56.3 cm³/mol. The zero-order valence-electron chi connectivity index (χ0n) is 8.01. The van der Waals surface area contributed by atoms with Gasteiger partial charge in [-0.1, -0.05) is 0 Å². The normalized spacial score (nSPS) is 9.93. The highest BCUT2D eigenvalue weighted by Crippen LogP contribution is 2.12. The van der Waals surface area contributed by atoms with Gasteiger partial charge in [0.2, 0.25) is 11.7 Å². The molecule has 2 rings (SSSR count). The molecule has 0 spiro atoms. The molecule has 5 heteroatoms. The molecule has 0 amide bonds. The number of carbonyl (C=O) groups is 1. The summed E-state index contributed by atoms with van der Waals surface area (Å²) in [6, 6.07) is 4.98. The molecule has 0 N–H and O–H groups in total. The Kier molecular flexibility index (Phi) is 2.73. The maximum absolute atomic E-state index is 11.8. The topological polar surface area (TPSA) is 52.1 Å². The van der Waals surface area contributed by atoms with Crippen LogP contribution in [-0.2, 0) is 0 Å². The van der Waals surface area contributed by atoms with Crippen LogP contribution in [0.5, 0.6) is 5.88 Å². The summed E-state index contributed by atoms with van der Waals surface area (Å²) in [5.41, 5.74) is 0.966. The van der Waals surface area contributed by atoms with Crippen LogP contribution in [0.4, 0.5) is 0 Å². The summed E-state index contributed by atoms with van der Waals surface area (Å²) >= 11 is 1.48. The van der Waals surface area contributed by atoms with Crippen LogP contribution in [0.25, 0.3) is 0 Å². The molecule has 0 fully saturated rings. The lowest BCUT2D eigenvalue weighted by molar-refractivity contribution is 0.103. The van der Waals surface area contributed by atoms with E-state index in [-0.39, 0.29) is 5.78 Å². The molecule has 0 atom stereocenters. The second kappa shape index (κ2) is 4.18. The van der Waals surface area contributed by atoms with Gasteiger partial charge in [-0.25, -0.2) is 0 Å². The number of hydrogen-bond donors (Lipinski definition) is 0. The summed E-state index contributed by atoms with van der Waals surface area (Å²) < 4.78 is 4.86. The SMILES string of the molecule is COc1ccc(C(=O)c2ccsc2)nn1. The van der Waals surface area contributed by atoms with Crippen molar-refractivity contribution in [1.29, 1.82) is 0 Å². The lowest BCUT2D eigenvalue weighted by atomic mass is 10.1. The van der Waals surface area contributed by atoms with Crippen LogP contribution in [0, 0.1) is 0 Å². The molecule has 2 aromatic rings. The number of ketones is 1. The number of hydrogen-bond acceptors (Lipinski definition) is 5. The molecule has 0 aliphatic carbocycles. The third-order valence-corrected chi connectivity index (χ3v) is 2.55. The fourth-order valence-electron chi connectivity index (χ4n) is 1.09. The fraction of sp³-hybridized carbons (Fsp3) is 0.100. The average molecular weight is 220 g/mol. The molecular weight excluding hydrogens is 212 g/mol. The summed E-state index contributed by atoms with van der Waals surface area (Å²) in [4.78, 5) is 11.8. The molecule has 0 radical (unpaired) electrons. The maximum atomic E-state index is 11.8. The average Bonchev–Trinajstić information content (AvgIpc) is 2.82. The van der Waals surface area contributed by atoms with E-state index in [2.05, 4.69) is 10.2 Å². The van der Waals surface area contributed by atoms with Crippen molar-refractivity contribution in [3.05, 3.63) is 40.2 Å². The molecule has 76 valence electrons. The molecule has 0 saturated heterocycles. The lowest BCUT2D eigenvalue weighted by Gasteiger charge is -1.98. The van der Waals surface area contributed by atoms with E-state index in [0.717, 1.165) is 0 Å². The molecular formula is C10H8N2O2S. The van der Waals surface area contributed by atoms with Crippen molar-refractivity contribution >= 4 is 17.1 Å². The van der Waals surface area contributed by atoms with Crippen LogP contribution in [0.1, 0.15) is 16.1 Å².